The van der Waals surface area contributed by atoms with Gasteiger partial charge >= 0.3 is 0 Å². The summed E-state index contributed by atoms with van der Waals surface area (Å²) < 4.78 is 26.5. The van der Waals surface area contributed by atoms with Gasteiger partial charge in [0, 0.05) is 0 Å². The van der Waals surface area contributed by atoms with Crippen LogP contribution in [0, 0.1) is 0 Å². The van der Waals surface area contributed by atoms with Gasteiger partial charge in [0.25, 0.3) is 0 Å². The largest absolute Gasteiger partial charge is 0.394 e. The highest BCUT2D eigenvalue weighted by atomic mass is 16.8. The Kier molecular flexibility index (Phi) is 9.18. The van der Waals surface area contributed by atoms with Gasteiger partial charge in [-0.1, -0.05) is 0 Å². The summed E-state index contributed by atoms with van der Waals surface area (Å²) in [6.07, 6.45) is -22.4. The molecule has 0 bridgehead atoms. The van der Waals surface area contributed by atoms with E-state index in [1.165, 1.54) is 0 Å². The second-order valence-corrected chi connectivity index (χ2v) is 8.41. The monoisotopic (exact) mass is 504 g/mol. The van der Waals surface area contributed by atoms with Gasteiger partial charge in [0.2, 0.25) is 5.79 Å². The van der Waals surface area contributed by atoms with Crippen molar-refractivity contribution in [2.75, 3.05) is 26.4 Å². The van der Waals surface area contributed by atoms with Crippen molar-refractivity contribution >= 4 is 0 Å². The number of aliphatic hydroxyl groups is 11. The molecule has 16 heteroatoms. The molecular weight excluding hydrogens is 472 g/mol. The van der Waals surface area contributed by atoms with Crippen LogP contribution in [-0.2, 0) is 23.7 Å². The zero-order chi connectivity index (χ0) is 25.4. The fraction of sp³-hybridized carbons (Fsp3) is 1.00. The first-order valence-electron chi connectivity index (χ1n) is 10.6. The van der Waals surface area contributed by atoms with Crippen LogP contribution < -0.4 is 0 Å². The van der Waals surface area contributed by atoms with Crippen LogP contribution in [0.5, 0.6) is 0 Å². The van der Waals surface area contributed by atoms with Gasteiger partial charge in [-0.25, -0.2) is 0 Å². The molecule has 0 aromatic carbocycles. The average molecular weight is 504 g/mol. The van der Waals surface area contributed by atoms with E-state index < -0.39 is 112 Å². The van der Waals surface area contributed by atoms with E-state index >= 15 is 0 Å². The molecule has 11 N–H and O–H groups in total. The summed E-state index contributed by atoms with van der Waals surface area (Å²) in [5, 5.41) is 110. The molecule has 0 aliphatic carbocycles. The van der Waals surface area contributed by atoms with Crippen LogP contribution in [0.25, 0.3) is 0 Å². The van der Waals surface area contributed by atoms with E-state index in [-0.39, 0.29) is 0 Å². The van der Waals surface area contributed by atoms with E-state index in [1.807, 2.05) is 0 Å². The Hall–Kier alpha value is -0.640. The summed E-state index contributed by atoms with van der Waals surface area (Å²) >= 11 is 0. The van der Waals surface area contributed by atoms with E-state index in [0.29, 0.717) is 0 Å². The van der Waals surface area contributed by atoms with Gasteiger partial charge in [-0.2, -0.15) is 0 Å². The Bertz CT molecular complexity index is 651. The molecule has 16 nitrogen and oxygen atoms in total. The second-order valence-electron chi connectivity index (χ2n) is 8.41. The molecule has 0 amide bonds. The molecule has 0 aromatic heterocycles. The zero-order valence-corrected chi connectivity index (χ0v) is 17.8. The first-order valence-corrected chi connectivity index (χ1v) is 10.6. The Morgan fingerprint density at radius 1 is 0.676 bits per heavy atom. The van der Waals surface area contributed by atoms with Gasteiger partial charge in [-0.05, 0) is 0 Å². The summed E-state index contributed by atoms with van der Waals surface area (Å²) in [4.78, 5) is 0. The van der Waals surface area contributed by atoms with Crippen molar-refractivity contribution in [3.8, 4) is 0 Å². The van der Waals surface area contributed by atoms with Crippen molar-refractivity contribution in [3.63, 3.8) is 0 Å². The predicted octanol–water partition coefficient (Wildman–Crippen LogP) is -7.57. The first-order chi connectivity index (χ1) is 16.0. The van der Waals surface area contributed by atoms with Gasteiger partial charge in [-0.3, -0.25) is 0 Å². The quantitative estimate of drug-likeness (QED) is 0.154. The van der Waals surface area contributed by atoms with Crippen molar-refractivity contribution in [1.82, 2.24) is 0 Å². The standard InChI is InChI=1S/C18H32O16/c19-1-6-9(24)10(25)12(27)16(31-6)33-14-7(2-20)32-17(13(28)11(14)26)34-18(4-21)15(29)8(23)5(22)3-30-18/h5-17,19-29H,1-4H2/t5-,6-,7-,8-,9+,10+,11-,12-,13-,14-,15+,16+,17-,18?/m1/s1. The molecule has 3 fully saturated rings. The number of hydrogen-bond acceptors (Lipinski definition) is 16. The van der Waals surface area contributed by atoms with Crippen LogP contribution in [0.4, 0.5) is 0 Å². The van der Waals surface area contributed by atoms with E-state index in [1.54, 1.807) is 0 Å². The van der Waals surface area contributed by atoms with E-state index in [2.05, 4.69) is 0 Å². The summed E-state index contributed by atoms with van der Waals surface area (Å²) in [5.41, 5.74) is 0. The molecule has 0 radical (unpaired) electrons. The molecule has 34 heavy (non-hydrogen) atoms. The van der Waals surface area contributed by atoms with Gasteiger partial charge in [0.1, 0.15) is 73.8 Å². The maximum atomic E-state index is 10.6. The van der Waals surface area contributed by atoms with Crippen molar-refractivity contribution in [2.45, 2.75) is 85.5 Å². The molecule has 3 rings (SSSR count). The van der Waals surface area contributed by atoms with Crippen molar-refractivity contribution in [2.24, 2.45) is 0 Å². The zero-order valence-electron chi connectivity index (χ0n) is 17.8. The fourth-order valence-corrected chi connectivity index (χ4v) is 4.01. The molecule has 3 heterocycles. The third-order valence-electron chi connectivity index (χ3n) is 6.16. The Morgan fingerprint density at radius 3 is 1.85 bits per heavy atom. The van der Waals surface area contributed by atoms with Crippen molar-refractivity contribution < 1.29 is 79.9 Å². The highest BCUT2D eigenvalue weighted by Crippen LogP contribution is 2.34. The minimum Gasteiger partial charge on any atom is -0.394 e. The van der Waals surface area contributed by atoms with Gasteiger partial charge in [-0.15, -0.1) is 0 Å². The summed E-state index contributed by atoms with van der Waals surface area (Å²) in [6.45, 7) is -3.21. The van der Waals surface area contributed by atoms with E-state index in [4.69, 9.17) is 23.7 Å². The molecule has 3 saturated heterocycles. The molecule has 200 valence electrons. The SMILES string of the molecule is OC[C@H]1O[C@@H](O[C@H]2[C@H](O)[C@@H](O)[C@@H](OC3(CO)OC[C@@H](O)[C@@H](O)[C@@H]3O)O[C@@H]2CO)[C@H](O)[C@@H](O)[C@H]1O. The maximum Gasteiger partial charge on any atom is 0.223 e. The van der Waals surface area contributed by atoms with E-state index in [9.17, 15) is 56.2 Å². The average Bonchev–Trinajstić information content (AvgIpc) is 2.84. The minimum atomic E-state index is -2.37. The molecule has 3 aliphatic rings. The molecule has 0 saturated carbocycles. The second kappa shape index (κ2) is 11.2. The van der Waals surface area contributed by atoms with Crippen LogP contribution in [0.2, 0.25) is 0 Å². The summed E-state index contributed by atoms with van der Waals surface area (Å²) in [7, 11) is 0. The van der Waals surface area contributed by atoms with Crippen LogP contribution >= 0.6 is 0 Å². The minimum absolute atomic E-state index is 0.559. The summed E-state index contributed by atoms with van der Waals surface area (Å²) in [5.74, 6) is -2.37. The maximum absolute atomic E-state index is 10.6. The number of hydrogen-bond donors (Lipinski definition) is 11. The normalized spacial score (nSPS) is 52.5. The molecular formula is C18H32O16. The smallest absolute Gasteiger partial charge is 0.223 e. The number of rotatable bonds is 7. The lowest BCUT2D eigenvalue weighted by Crippen LogP contribution is -2.69. The Balaban J connectivity index is 1.74. The Labute approximate surface area is 192 Å². The van der Waals surface area contributed by atoms with E-state index in [0.717, 1.165) is 0 Å². The predicted molar refractivity (Wildman–Crippen MR) is 101 cm³/mol. The topological polar surface area (TPSA) is 269 Å². The molecule has 3 aliphatic heterocycles. The van der Waals surface area contributed by atoms with Crippen molar-refractivity contribution in [1.29, 1.82) is 0 Å². The fourth-order valence-electron chi connectivity index (χ4n) is 4.01. The highest BCUT2D eigenvalue weighted by molar-refractivity contribution is 4.97. The lowest BCUT2D eigenvalue weighted by molar-refractivity contribution is -0.422. The third-order valence-corrected chi connectivity index (χ3v) is 6.16. The molecule has 0 aromatic rings. The van der Waals surface area contributed by atoms with Crippen LogP contribution in [0.15, 0.2) is 0 Å². The lowest BCUT2D eigenvalue weighted by Gasteiger charge is -2.49. The third kappa shape index (κ3) is 5.09. The summed E-state index contributed by atoms with van der Waals surface area (Å²) in [6, 6.07) is 0. The highest BCUT2D eigenvalue weighted by Gasteiger charge is 2.56. The molecule has 1 unspecified atom stereocenters. The number of aliphatic hydroxyl groups excluding tert-OH is 11. The van der Waals surface area contributed by atoms with Gasteiger partial charge in [0.05, 0.1) is 19.8 Å². The molecule has 0 spiro atoms. The molecule has 14 atom stereocenters. The van der Waals surface area contributed by atoms with Crippen molar-refractivity contribution in [3.05, 3.63) is 0 Å². The van der Waals surface area contributed by atoms with Gasteiger partial charge < -0.3 is 79.9 Å². The number of ether oxygens (including phenoxy) is 5. The van der Waals surface area contributed by atoms with Gasteiger partial charge in [0.15, 0.2) is 12.6 Å². The first kappa shape index (κ1) is 27.9. The Morgan fingerprint density at radius 2 is 1.26 bits per heavy atom. The van der Waals surface area contributed by atoms with Crippen LogP contribution in [0.1, 0.15) is 0 Å². The van der Waals surface area contributed by atoms with Crippen LogP contribution in [0.3, 0.4) is 0 Å². The lowest BCUT2D eigenvalue weighted by atomic mass is 9.95. The van der Waals surface area contributed by atoms with Crippen LogP contribution in [-0.4, -0.2) is 168 Å².